The first kappa shape index (κ1) is 18.2. The van der Waals surface area contributed by atoms with E-state index in [9.17, 15) is 14.0 Å². The highest BCUT2D eigenvalue weighted by Crippen LogP contribution is 2.24. The normalized spacial score (nSPS) is 13.1. The first-order valence-electron chi connectivity index (χ1n) is 8.81. The SMILES string of the molecule is O=C(Cc1ccccc1F)Nc1ccc2c(c1)CN(C(=O)c1csnn1)CC2. The Balaban J connectivity index is 1.45. The van der Waals surface area contributed by atoms with Crippen LogP contribution in [0.3, 0.4) is 0 Å². The van der Waals surface area contributed by atoms with Crippen LogP contribution >= 0.6 is 11.5 Å². The molecule has 1 aliphatic heterocycles. The fraction of sp³-hybridized carbons (Fsp3) is 0.200. The van der Waals surface area contributed by atoms with Crippen molar-refractivity contribution < 1.29 is 14.0 Å². The van der Waals surface area contributed by atoms with Crippen molar-refractivity contribution in [2.45, 2.75) is 19.4 Å². The lowest BCUT2D eigenvalue weighted by atomic mass is 9.98. The molecule has 1 aliphatic rings. The van der Waals surface area contributed by atoms with Gasteiger partial charge in [0.05, 0.1) is 6.42 Å². The third-order valence-electron chi connectivity index (χ3n) is 4.68. The number of amides is 2. The molecule has 0 fully saturated rings. The van der Waals surface area contributed by atoms with Crippen LogP contribution < -0.4 is 5.32 Å². The van der Waals surface area contributed by atoms with Crippen molar-refractivity contribution in [3.63, 3.8) is 0 Å². The van der Waals surface area contributed by atoms with E-state index in [-0.39, 0.29) is 18.2 Å². The molecule has 1 N–H and O–H groups in total. The van der Waals surface area contributed by atoms with Gasteiger partial charge in [0.2, 0.25) is 5.91 Å². The van der Waals surface area contributed by atoms with Crippen LogP contribution in [0, 0.1) is 5.82 Å². The summed E-state index contributed by atoms with van der Waals surface area (Å²) in [5, 5.41) is 8.29. The summed E-state index contributed by atoms with van der Waals surface area (Å²) in [6.45, 7) is 1.06. The maximum Gasteiger partial charge on any atom is 0.275 e. The van der Waals surface area contributed by atoms with Crippen LogP contribution in [0.2, 0.25) is 0 Å². The number of carbonyl (C=O) groups excluding carboxylic acids is 2. The molecule has 0 saturated carbocycles. The van der Waals surface area contributed by atoms with Gasteiger partial charge in [0.1, 0.15) is 5.82 Å². The zero-order valence-electron chi connectivity index (χ0n) is 14.9. The van der Waals surface area contributed by atoms with E-state index in [1.807, 2.05) is 18.2 Å². The highest BCUT2D eigenvalue weighted by Gasteiger charge is 2.23. The maximum atomic E-state index is 13.7. The van der Waals surface area contributed by atoms with Gasteiger partial charge in [-0.2, -0.15) is 0 Å². The number of aromatic nitrogens is 2. The van der Waals surface area contributed by atoms with Crippen LogP contribution in [0.4, 0.5) is 10.1 Å². The minimum Gasteiger partial charge on any atom is -0.333 e. The number of benzene rings is 2. The van der Waals surface area contributed by atoms with E-state index in [2.05, 4.69) is 14.9 Å². The van der Waals surface area contributed by atoms with E-state index in [0.29, 0.717) is 30.0 Å². The van der Waals surface area contributed by atoms with E-state index in [0.717, 1.165) is 29.1 Å². The Morgan fingerprint density at radius 2 is 2.04 bits per heavy atom. The van der Waals surface area contributed by atoms with Crippen LogP contribution in [-0.4, -0.2) is 32.8 Å². The number of rotatable bonds is 4. The number of hydrogen-bond donors (Lipinski definition) is 1. The van der Waals surface area contributed by atoms with Crippen molar-refractivity contribution in [2.24, 2.45) is 0 Å². The third-order valence-corrected chi connectivity index (χ3v) is 5.18. The average Bonchev–Trinajstić information content (AvgIpc) is 3.23. The second-order valence-corrected chi connectivity index (χ2v) is 7.18. The van der Waals surface area contributed by atoms with Gasteiger partial charge in [-0.3, -0.25) is 9.59 Å². The topological polar surface area (TPSA) is 75.2 Å². The lowest BCUT2D eigenvalue weighted by Crippen LogP contribution is -2.36. The first-order valence-corrected chi connectivity index (χ1v) is 9.65. The summed E-state index contributed by atoms with van der Waals surface area (Å²) < 4.78 is 17.5. The fourth-order valence-corrected chi connectivity index (χ4v) is 3.68. The lowest BCUT2D eigenvalue weighted by Gasteiger charge is -2.28. The molecule has 6 nitrogen and oxygen atoms in total. The molecule has 4 rings (SSSR count). The number of hydrogen-bond acceptors (Lipinski definition) is 5. The van der Waals surface area contributed by atoms with Crippen molar-refractivity contribution >= 4 is 29.0 Å². The van der Waals surface area contributed by atoms with E-state index < -0.39 is 5.82 Å². The van der Waals surface area contributed by atoms with Crippen LogP contribution in [-0.2, 0) is 24.2 Å². The average molecular weight is 396 g/mol. The van der Waals surface area contributed by atoms with Gasteiger partial charge in [0, 0.05) is 24.2 Å². The molecule has 2 aromatic carbocycles. The molecule has 0 saturated heterocycles. The summed E-state index contributed by atoms with van der Waals surface area (Å²) in [6, 6.07) is 11.9. The first-order chi connectivity index (χ1) is 13.6. The Kier molecular flexibility index (Phi) is 5.12. The number of carbonyl (C=O) groups is 2. The van der Waals surface area contributed by atoms with E-state index in [1.165, 1.54) is 6.07 Å². The Bertz CT molecular complexity index is 1020. The molecule has 8 heteroatoms. The summed E-state index contributed by atoms with van der Waals surface area (Å²) in [5.74, 6) is -0.829. The van der Waals surface area contributed by atoms with Crippen LogP contribution in [0.5, 0.6) is 0 Å². The standard InChI is InChI=1S/C20H17FN4O2S/c21-17-4-2-1-3-14(17)10-19(26)22-16-6-5-13-7-8-25(11-15(13)9-16)20(27)18-12-28-24-23-18/h1-6,9,12H,7-8,10-11H2,(H,22,26). The Hall–Kier alpha value is -3.13. The summed E-state index contributed by atoms with van der Waals surface area (Å²) in [4.78, 5) is 26.5. The van der Waals surface area contributed by atoms with Gasteiger partial charge in [-0.1, -0.05) is 28.8 Å². The zero-order valence-corrected chi connectivity index (χ0v) is 15.7. The molecule has 3 aromatic rings. The number of fused-ring (bicyclic) bond motifs is 1. The minimum atomic E-state index is -0.395. The number of halogens is 1. The smallest absolute Gasteiger partial charge is 0.275 e. The van der Waals surface area contributed by atoms with Crippen molar-refractivity contribution in [1.82, 2.24) is 14.5 Å². The monoisotopic (exact) mass is 396 g/mol. The van der Waals surface area contributed by atoms with Gasteiger partial charge in [0.25, 0.3) is 5.91 Å². The maximum absolute atomic E-state index is 13.7. The van der Waals surface area contributed by atoms with Gasteiger partial charge in [-0.25, -0.2) is 4.39 Å². The molecule has 0 atom stereocenters. The van der Waals surface area contributed by atoms with Crippen molar-refractivity contribution in [3.8, 4) is 0 Å². The predicted octanol–water partition coefficient (Wildman–Crippen LogP) is 3.06. The van der Waals surface area contributed by atoms with Crippen molar-refractivity contribution in [2.75, 3.05) is 11.9 Å². The molecule has 0 unspecified atom stereocenters. The Morgan fingerprint density at radius 3 is 2.82 bits per heavy atom. The van der Waals surface area contributed by atoms with Gasteiger partial charge in [0.15, 0.2) is 5.69 Å². The number of nitrogens with one attached hydrogen (secondary N) is 1. The second kappa shape index (κ2) is 7.85. The van der Waals surface area contributed by atoms with E-state index >= 15 is 0 Å². The molecule has 142 valence electrons. The number of anilines is 1. The minimum absolute atomic E-state index is 0.0365. The highest BCUT2D eigenvalue weighted by molar-refractivity contribution is 7.03. The van der Waals surface area contributed by atoms with Gasteiger partial charge >= 0.3 is 0 Å². The molecule has 0 radical (unpaired) electrons. The Labute approximate surface area is 165 Å². The molecule has 2 amide bonds. The van der Waals surface area contributed by atoms with Gasteiger partial charge < -0.3 is 10.2 Å². The van der Waals surface area contributed by atoms with Gasteiger partial charge in [-0.05, 0) is 52.8 Å². The molecule has 0 aliphatic carbocycles. The van der Waals surface area contributed by atoms with Crippen molar-refractivity contribution in [3.05, 3.63) is 76.0 Å². The quantitative estimate of drug-likeness (QED) is 0.736. The van der Waals surface area contributed by atoms with Crippen LogP contribution in [0.25, 0.3) is 0 Å². The predicted molar refractivity (Wildman–Crippen MR) is 104 cm³/mol. The molecule has 1 aromatic heterocycles. The highest BCUT2D eigenvalue weighted by atomic mass is 32.1. The molecule has 28 heavy (non-hydrogen) atoms. The lowest BCUT2D eigenvalue weighted by molar-refractivity contribution is -0.115. The zero-order chi connectivity index (χ0) is 19.5. The van der Waals surface area contributed by atoms with E-state index in [1.54, 1.807) is 28.5 Å². The molecule has 0 bridgehead atoms. The van der Waals surface area contributed by atoms with E-state index in [4.69, 9.17) is 0 Å². The molecular formula is C20H17FN4O2S. The van der Waals surface area contributed by atoms with Gasteiger partial charge in [-0.15, -0.1) is 5.10 Å². The summed E-state index contributed by atoms with van der Waals surface area (Å²) in [5.41, 5.74) is 3.46. The molecular weight excluding hydrogens is 379 g/mol. The largest absolute Gasteiger partial charge is 0.333 e. The molecule has 0 spiro atoms. The summed E-state index contributed by atoms with van der Waals surface area (Å²) in [7, 11) is 0. The Morgan fingerprint density at radius 1 is 1.18 bits per heavy atom. The summed E-state index contributed by atoms with van der Waals surface area (Å²) in [6.07, 6.45) is 0.702. The molecule has 2 heterocycles. The fourth-order valence-electron chi connectivity index (χ4n) is 3.25. The second-order valence-electron chi connectivity index (χ2n) is 6.57. The number of nitrogens with zero attached hydrogens (tertiary/aromatic N) is 3. The summed E-state index contributed by atoms with van der Waals surface area (Å²) >= 11 is 1.15. The van der Waals surface area contributed by atoms with Crippen LogP contribution in [0.15, 0.2) is 47.8 Å². The van der Waals surface area contributed by atoms with Crippen LogP contribution in [0.1, 0.15) is 27.2 Å². The van der Waals surface area contributed by atoms with Crippen molar-refractivity contribution in [1.29, 1.82) is 0 Å². The third kappa shape index (κ3) is 3.91.